The van der Waals surface area contributed by atoms with Crippen LogP contribution in [0, 0.1) is 0 Å². The zero-order valence-electron chi connectivity index (χ0n) is 16.7. The molecule has 148 valence electrons. The average Bonchev–Trinajstić information content (AvgIpc) is 2.98. The van der Waals surface area contributed by atoms with E-state index in [0.29, 0.717) is 12.1 Å². The lowest BCUT2D eigenvalue weighted by Crippen LogP contribution is -2.49. The molecule has 2 saturated heterocycles. The summed E-state index contributed by atoms with van der Waals surface area (Å²) in [7, 11) is 3.37. The van der Waals surface area contributed by atoms with Crippen LogP contribution in [0.3, 0.4) is 0 Å². The lowest BCUT2D eigenvalue weighted by molar-refractivity contribution is -0.0535. The molecule has 0 aliphatic carbocycles. The summed E-state index contributed by atoms with van der Waals surface area (Å²) in [6.07, 6.45) is 8.26. The van der Waals surface area contributed by atoms with Crippen LogP contribution in [0.15, 0.2) is 54.6 Å². The van der Waals surface area contributed by atoms with Crippen LogP contribution in [0.4, 0.5) is 0 Å². The summed E-state index contributed by atoms with van der Waals surface area (Å²) >= 11 is 0. The average molecular weight is 380 g/mol. The van der Waals surface area contributed by atoms with Crippen molar-refractivity contribution in [3.05, 3.63) is 65.7 Å². The number of piperidine rings is 1. The van der Waals surface area contributed by atoms with Crippen molar-refractivity contribution in [1.29, 1.82) is 0 Å². The van der Waals surface area contributed by atoms with Gasteiger partial charge in [-0.2, -0.15) is 0 Å². The normalized spacial score (nSPS) is 27.2. The minimum Gasteiger partial charge on any atom is -0.497 e. The highest BCUT2D eigenvalue weighted by molar-refractivity contribution is 5.57. The smallest absolute Gasteiger partial charge is 0.126 e. The first-order valence-corrected chi connectivity index (χ1v) is 10.1. The molecular formula is C24H29NO3. The lowest BCUT2D eigenvalue weighted by Gasteiger charge is -2.43. The largest absolute Gasteiger partial charge is 0.497 e. The van der Waals surface area contributed by atoms with E-state index in [2.05, 4.69) is 23.1 Å². The second-order valence-electron chi connectivity index (χ2n) is 7.89. The second kappa shape index (κ2) is 7.98. The number of nitrogens with zero attached hydrogens (tertiary/aromatic N) is 1. The quantitative estimate of drug-likeness (QED) is 0.816. The summed E-state index contributed by atoms with van der Waals surface area (Å²) in [4.78, 5) is 2.56. The van der Waals surface area contributed by atoms with Crippen molar-refractivity contribution in [2.24, 2.45) is 0 Å². The van der Waals surface area contributed by atoms with Gasteiger partial charge in [0, 0.05) is 24.2 Å². The van der Waals surface area contributed by atoms with Crippen LogP contribution in [0.25, 0.3) is 6.08 Å². The van der Waals surface area contributed by atoms with E-state index in [1.54, 1.807) is 14.2 Å². The maximum absolute atomic E-state index is 11.4. The first-order chi connectivity index (χ1) is 13.6. The topological polar surface area (TPSA) is 41.9 Å². The molecule has 3 atom stereocenters. The van der Waals surface area contributed by atoms with E-state index in [4.69, 9.17) is 9.47 Å². The Morgan fingerprint density at radius 1 is 1.00 bits per heavy atom. The molecule has 0 aromatic heterocycles. The number of fused-ring (bicyclic) bond motifs is 2. The van der Waals surface area contributed by atoms with E-state index in [0.717, 1.165) is 54.9 Å². The summed E-state index contributed by atoms with van der Waals surface area (Å²) < 4.78 is 10.7. The summed E-state index contributed by atoms with van der Waals surface area (Å²) in [6.45, 7) is 0.909. The van der Waals surface area contributed by atoms with Crippen molar-refractivity contribution in [1.82, 2.24) is 4.90 Å². The third-order valence-corrected chi connectivity index (χ3v) is 6.30. The van der Waals surface area contributed by atoms with Gasteiger partial charge in [0.2, 0.25) is 0 Å². The van der Waals surface area contributed by atoms with E-state index in [-0.39, 0.29) is 0 Å². The molecule has 0 amide bonds. The van der Waals surface area contributed by atoms with Crippen molar-refractivity contribution in [3.8, 4) is 11.5 Å². The Morgan fingerprint density at radius 3 is 2.32 bits per heavy atom. The van der Waals surface area contributed by atoms with Crippen molar-refractivity contribution < 1.29 is 14.6 Å². The minimum absolute atomic E-state index is 0.424. The third kappa shape index (κ3) is 3.67. The van der Waals surface area contributed by atoms with Gasteiger partial charge in [0.15, 0.2) is 0 Å². The fraction of sp³-hybridized carbons (Fsp3) is 0.417. The standard InChI is InChI=1S/C24H29NO3/c1-27-22-13-9-19(10-14-22)24(26)16-20-11-12-21(17-24)25(20)15-5-7-18-6-3-4-8-23(18)28-2/h3-10,13-14,20-21,26H,11-12,15-17H2,1-2H3/b7-5+/t20-,21+,24?. The van der Waals surface area contributed by atoms with Gasteiger partial charge in [-0.25, -0.2) is 0 Å². The monoisotopic (exact) mass is 379 g/mol. The van der Waals surface area contributed by atoms with Gasteiger partial charge in [0.1, 0.15) is 11.5 Å². The molecule has 2 aromatic rings. The third-order valence-electron chi connectivity index (χ3n) is 6.30. The molecule has 2 aliphatic rings. The Labute approximate surface area is 167 Å². The van der Waals surface area contributed by atoms with Gasteiger partial charge in [-0.1, -0.05) is 42.5 Å². The van der Waals surface area contributed by atoms with E-state index < -0.39 is 5.60 Å². The van der Waals surface area contributed by atoms with Crippen LogP contribution < -0.4 is 9.47 Å². The molecule has 2 aromatic carbocycles. The van der Waals surface area contributed by atoms with Gasteiger partial charge < -0.3 is 14.6 Å². The number of ether oxygens (including phenoxy) is 2. The molecule has 28 heavy (non-hydrogen) atoms. The molecule has 2 fully saturated rings. The Bertz CT molecular complexity index is 816. The van der Waals surface area contributed by atoms with Crippen LogP contribution in [0.1, 0.15) is 36.8 Å². The van der Waals surface area contributed by atoms with Crippen LogP contribution >= 0.6 is 0 Å². The van der Waals surface area contributed by atoms with Crippen LogP contribution in [0.5, 0.6) is 11.5 Å². The molecule has 0 spiro atoms. The van der Waals surface area contributed by atoms with Gasteiger partial charge >= 0.3 is 0 Å². The zero-order chi connectivity index (χ0) is 19.6. The number of rotatable bonds is 6. The van der Waals surface area contributed by atoms with Crippen molar-refractivity contribution >= 4 is 6.08 Å². The maximum Gasteiger partial charge on any atom is 0.126 e. The lowest BCUT2D eigenvalue weighted by atomic mass is 9.80. The second-order valence-corrected chi connectivity index (χ2v) is 7.89. The molecule has 4 rings (SSSR count). The van der Waals surface area contributed by atoms with Crippen molar-refractivity contribution in [2.75, 3.05) is 20.8 Å². The Morgan fingerprint density at radius 2 is 1.68 bits per heavy atom. The molecule has 0 saturated carbocycles. The van der Waals surface area contributed by atoms with E-state index in [9.17, 15) is 5.11 Å². The Hall–Kier alpha value is -2.30. The Balaban J connectivity index is 1.44. The number of benzene rings is 2. The molecule has 2 heterocycles. The number of hydrogen-bond acceptors (Lipinski definition) is 4. The van der Waals surface area contributed by atoms with Gasteiger partial charge in [0.05, 0.1) is 19.8 Å². The zero-order valence-corrected chi connectivity index (χ0v) is 16.7. The van der Waals surface area contributed by atoms with Crippen LogP contribution in [0.2, 0.25) is 0 Å². The van der Waals surface area contributed by atoms with E-state index in [1.807, 2.05) is 42.5 Å². The molecule has 1 unspecified atom stereocenters. The van der Waals surface area contributed by atoms with Crippen molar-refractivity contribution in [3.63, 3.8) is 0 Å². The molecule has 4 heteroatoms. The molecule has 2 aliphatic heterocycles. The van der Waals surface area contributed by atoms with Crippen LogP contribution in [-0.4, -0.2) is 42.9 Å². The van der Waals surface area contributed by atoms with Gasteiger partial charge in [-0.15, -0.1) is 0 Å². The van der Waals surface area contributed by atoms with E-state index >= 15 is 0 Å². The predicted molar refractivity (Wildman–Crippen MR) is 112 cm³/mol. The van der Waals surface area contributed by atoms with Gasteiger partial charge in [-0.3, -0.25) is 4.90 Å². The Kier molecular flexibility index (Phi) is 5.42. The van der Waals surface area contributed by atoms with Gasteiger partial charge in [-0.05, 0) is 49.4 Å². The fourth-order valence-corrected chi connectivity index (χ4v) is 4.86. The first-order valence-electron chi connectivity index (χ1n) is 10.1. The molecular weight excluding hydrogens is 350 g/mol. The summed E-state index contributed by atoms with van der Waals surface area (Å²) in [6, 6.07) is 16.8. The molecule has 4 nitrogen and oxygen atoms in total. The summed E-state index contributed by atoms with van der Waals surface area (Å²) in [5.41, 5.74) is 1.37. The summed E-state index contributed by atoms with van der Waals surface area (Å²) in [5.74, 6) is 1.73. The van der Waals surface area contributed by atoms with E-state index in [1.165, 1.54) is 0 Å². The number of para-hydroxylation sites is 1. The molecule has 0 radical (unpaired) electrons. The van der Waals surface area contributed by atoms with Crippen molar-refractivity contribution in [2.45, 2.75) is 43.4 Å². The summed E-state index contributed by atoms with van der Waals surface area (Å²) in [5, 5.41) is 11.4. The highest BCUT2D eigenvalue weighted by Crippen LogP contribution is 2.45. The maximum atomic E-state index is 11.4. The molecule has 1 N–H and O–H groups in total. The fourth-order valence-electron chi connectivity index (χ4n) is 4.86. The predicted octanol–water partition coefficient (Wildman–Crippen LogP) is 4.23. The number of aliphatic hydroxyl groups is 1. The highest BCUT2D eigenvalue weighted by atomic mass is 16.5. The van der Waals surface area contributed by atoms with Gasteiger partial charge in [0.25, 0.3) is 0 Å². The number of methoxy groups -OCH3 is 2. The SMILES string of the molecule is COc1ccc(C2(O)C[C@H]3CC[C@@H](C2)N3C/C=C/c2ccccc2OC)cc1. The number of hydrogen-bond donors (Lipinski definition) is 1. The minimum atomic E-state index is -0.735. The highest BCUT2D eigenvalue weighted by Gasteiger charge is 2.47. The first kappa shape index (κ1) is 19.0. The molecule has 2 bridgehead atoms. The van der Waals surface area contributed by atoms with Crippen LogP contribution in [-0.2, 0) is 5.60 Å².